The molecule has 0 spiro atoms. The fourth-order valence-electron chi connectivity index (χ4n) is 2.44. The average molecular weight is 312 g/mol. The molecule has 0 aliphatic rings. The Balaban J connectivity index is 2.10. The smallest absolute Gasteiger partial charge is 0.257 e. The topological polar surface area (TPSA) is 41.1 Å². The maximum absolute atomic E-state index is 12.3. The van der Waals surface area contributed by atoms with Gasteiger partial charge in [0.2, 0.25) is 0 Å². The number of benzene rings is 2. The molecule has 1 amide bonds. The minimum absolute atomic E-state index is 0.199. The Morgan fingerprint density at radius 2 is 1.50 bits per heavy atom. The minimum atomic E-state index is -0.199. The van der Waals surface area contributed by atoms with Crippen molar-refractivity contribution in [3.05, 3.63) is 64.2 Å². The Morgan fingerprint density at radius 1 is 0.955 bits per heavy atom. The molecule has 0 aliphatic heterocycles. The van der Waals surface area contributed by atoms with Crippen LogP contribution in [0.15, 0.2) is 36.4 Å². The number of carbonyl (C=O) groups excluding carboxylic acids is 1. The van der Waals surface area contributed by atoms with Crippen LogP contribution in [0.25, 0.3) is 0 Å². The molecule has 0 aromatic heterocycles. The summed E-state index contributed by atoms with van der Waals surface area (Å²) >= 11 is 5.25. The number of hydrogen-bond donors (Lipinski definition) is 2. The second kappa shape index (κ2) is 6.71. The number of aryl methyl sites for hydroxylation is 4. The van der Waals surface area contributed by atoms with E-state index in [4.69, 9.17) is 12.2 Å². The maximum Gasteiger partial charge on any atom is 0.257 e. The predicted octanol–water partition coefficient (Wildman–Crippen LogP) is 4.05. The Labute approximate surface area is 136 Å². The predicted molar refractivity (Wildman–Crippen MR) is 95.5 cm³/mol. The first-order valence-electron chi connectivity index (χ1n) is 7.13. The fraction of sp³-hybridized carbons (Fsp3) is 0.222. The summed E-state index contributed by atoms with van der Waals surface area (Å²) in [6.07, 6.45) is 0. The minimum Gasteiger partial charge on any atom is -0.332 e. The Kier molecular flexibility index (Phi) is 4.93. The van der Waals surface area contributed by atoms with Gasteiger partial charge in [0.15, 0.2) is 5.11 Å². The lowest BCUT2D eigenvalue weighted by molar-refractivity contribution is 0.0977. The van der Waals surface area contributed by atoms with Gasteiger partial charge in [0.1, 0.15) is 0 Å². The van der Waals surface area contributed by atoms with E-state index in [1.54, 1.807) is 0 Å². The van der Waals surface area contributed by atoms with Gasteiger partial charge in [-0.25, -0.2) is 0 Å². The zero-order chi connectivity index (χ0) is 16.3. The summed E-state index contributed by atoms with van der Waals surface area (Å²) in [5.74, 6) is -0.199. The lowest BCUT2D eigenvalue weighted by Crippen LogP contribution is -2.34. The standard InChI is InChI=1S/C18H20N2OS/c1-11-8-12(2)10-15(9-11)17(21)20-18(22)19-16-13(3)6-5-7-14(16)4/h5-10H,1-4H3,(H2,19,20,21,22). The van der Waals surface area contributed by atoms with E-state index in [1.807, 2.05) is 64.1 Å². The third kappa shape index (κ3) is 3.92. The molecular formula is C18H20N2OS. The van der Waals surface area contributed by atoms with E-state index in [0.29, 0.717) is 10.7 Å². The summed E-state index contributed by atoms with van der Waals surface area (Å²) in [4.78, 5) is 12.3. The lowest BCUT2D eigenvalue weighted by atomic mass is 10.1. The highest BCUT2D eigenvalue weighted by Crippen LogP contribution is 2.19. The van der Waals surface area contributed by atoms with Crippen molar-refractivity contribution in [1.29, 1.82) is 0 Å². The number of amides is 1. The van der Waals surface area contributed by atoms with Gasteiger partial charge >= 0.3 is 0 Å². The quantitative estimate of drug-likeness (QED) is 0.822. The largest absolute Gasteiger partial charge is 0.332 e. The molecule has 0 saturated carbocycles. The molecule has 0 aliphatic carbocycles. The van der Waals surface area contributed by atoms with Crippen LogP contribution in [0.4, 0.5) is 5.69 Å². The van der Waals surface area contributed by atoms with Crippen LogP contribution < -0.4 is 10.6 Å². The molecule has 2 aromatic rings. The van der Waals surface area contributed by atoms with Gasteiger partial charge in [0.25, 0.3) is 5.91 Å². The molecule has 0 bridgehead atoms. The monoisotopic (exact) mass is 312 g/mol. The van der Waals surface area contributed by atoms with Crippen LogP contribution in [-0.4, -0.2) is 11.0 Å². The summed E-state index contributed by atoms with van der Waals surface area (Å²) in [5, 5.41) is 6.15. The molecule has 0 unspecified atom stereocenters. The van der Waals surface area contributed by atoms with Crippen molar-refractivity contribution < 1.29 is 4.79 Å². The molecule has 0 atom stereocenters. The van der Waals surface area contributed by atoms with E-state index in [-0.39, 0.29) is 5.91 Å². The van der Waals surface area contributed by atoms with Gasteiger partial charge in [-0.1, -0.05) is 35.4 Å². The van der Waals surface area contributed by atoms with Gasteiger partial charge in [-0.05, 0) is 63.2 Å². The highest BCUT2D eigenvalue weighted by molar-refractivity contribution is 7.80. The molecule has 114 valence electrons. The van der Waals surface area contributed by atoms with E-state index in [1.165, 1.54) is 0 Å². The summed E-state index contributed by atoms with van der Waals surface area (Å²) < 4.78 is 0. The Bertz CT molecular complexity index is 697. The molecule has 3 nitrogen and oxygen atoms in total. The molecule has 22 heavy (non-hydrogen) atoms. The van der Waals surface area contributed by atoms with E-state index in [0.717, 1.165) is 27.9 Å². The molecule has 0 radical (unpaired) electrons. The van der Waals surface area contributed by atoms with Crippen molar-refractivity contribution in [2.75, 3.05) is 5.32 Å². The molecular weight excluding hydrogens is 292 g/mol. The zero-order valence-electron chi connectivity index (χ0n) is 13.3. The molecule has 0 saturated heterocycles. The van der Waals surface area contributed by atoms with Crippen LogP contribution in [0, 0.1) is 27.7 Å². The van der Waals surface area contributed by atoms with Gasteiger partial charge in [0.05, 0.1) is 0 Å². The summed E-state index contributed by atoms with van der Waals surface area (Å²) in [6.45, 7) is 7.95. The Hall–Kier alpha value is -2.20. The number of rotatable bonds is 2. The van der Waals surface area contributed by atoms with E-state index in [9.17, 15) is 4.79 Å². The van der Waals surface area contributed by atoms with Crippen LogP contribution in [0.5, 0.6) is 0 Å². The summed E-state index contributed by atoms with van der Waals surface area (Å²) in [7, 11) is 0. The van der Waals surface area contributed by atoms with Crippen molar-refractivity contribution in [2.24, 2.45) is 0 Å². The molecule has 4 heteroatoms. The van der Waals surface area contributed by atoms with Gasteiger partial charge in [-0.3, -0.25) is 10.1 Å². The molecule has 2 N–H and O–H groups in total. The summed E-state index contributed by atoms with van der Waals surface area (Å²) in [6, 6.07) is 11.7. The van der Waals surface area contributed by atoms with Crippen LogP contribution in [0.2, 0.25) is 0 Å². The van der Waals surface area contributed by atoms with Gasteiger partial charge < -0.3 is 5.32 Å². The van der Waals surface area contributed by atoms with Gasteiger partial charge in [-0.15, -0.1) is 0 Å². The average Bonchev–Trinajstić information content (AvgIpc) is 2.42. The van der Waals surface area contributed by atoms with E-state index >= 15 is 0 Å². The molecule has 2 rings (SSSR count). The molecule has 0 heterocycles. The van der Waals surface area contributed by atoms with Crippen molar-refractivity contribution in [1.82, 2.24) is 5.32 Å². The third-order valence-electron chi connectivity index (χ3n) is 3.43. The second-order valence-electron chi connectivity index (χ2n) is 5.55. The van der Waals surface area contributed by atoms with Crippen LogP contribution in [-0.2, 0) is 0 Å². The number of hydrogen-bond acceptors (Lipinski definition) is 2. The Morgan fingerprint density at radius 3 is 2.05 bits per heavy atom. The van der Waals surface area contributed by atoms with Gasteiger partial charge in [0, 0.05) is 11.3 Å². The second-order valence-corrected chi connectivity index (χ2v) is 5.96. The van der Waals surface area contributed by atoms with Crippen molar-refractivity contribution in [3.63, 3.8) is 0 Å². The third-order valence-corrected chi connectivity index (χ3v) is 3.63. The normalized spacial score (nSPS) is 10.2. The SMILES string of the molecule is Cc1cc(C)cc(C(=O)NC(=S)Nc2c(C)cccc2C)c1. The van der Waals surface area contributed by atoms with Gasteiger partial charge in [-0.2, -0.15) is 0 Å². The fourth-order valence-corrected chi connectivity index (χ4v) is 2.63. The van der Waals surface area contributed by atoms with Crippen molar-refractivity contribution >= 4 is 28.9 Å². The number of thiocarbonyl (C=S) groups is 1. The number of para-hydroxylation sites is 1. The van der Waals surface area contributed by atoms with Crippen LogP contribution in [0.1, 0.15) is 32.6 Å². The lowest BCUT2D eigenvalue weighted by Gasteiger charge is -2.14. The van der Waals surface area contributed by atoms with E-state index in [2.05, 4.69) is 10.6 Å². The number of carbonyl (C=O) groups is 1. The highest BCUT2D eigenvalue weighted by Gasteiger charge is 2.10. The van der Waals surface area contributed by atoms with Crippen LogP contribution in [0.3, 0.4) is 0 Å². The highest BCUT2D eigenvalue weighted by atomic mass is 32.1. The first-order chi connectivity index (χ1) is 10.4. The van der Waals surface area contributed by atoms with E-state index < -0.39 is 0 Å². The summed E-state index contributed by atoms with van der Waals surface area (Å²) in [5.41, 5.74) is 5.83. The zero-order valence-corrected chi connectivity index (χ0v) is 14.1. The van der Waals surface area contributed by atoms with Crippen molar-refractivity contribution in [3.8, 4) is 0 Å². The first kappa shape index (κ1) is 16.2. The number of anilines is 1. The maximum atomic E-state index is 12.3. The van der Waals surface area contributed by atoms with Crippen molar-refractivity contribution in [2.45, 2.75) is 27.7 Å². The van der Waals surface area contributed by atoms with Crippen LogP contribution >= 0.6 is 12.2 Å². The molecule has 0 fully saturated rings. The number of nitrogens with one attached hydrogen (secondary N) is 2. The molecule has 2 aromatic carbocycles. The first-order valence-corrected chi connectivity index (χ1v) is 7.54.